The molecule has 2 nitrogen and oxygen atoms in total. The Morgan fingerprint density at radius 3 is 2.75 bits per heavy atom. The summed E-state index contributed by atoms with van der Waals surface area (Å²) >= 11 is 1.85. The first kappa shape index (κ1) is 13.8. The van der Waals surface area contributed by atoms with Gasteiger partial charge >= 0.3 is 0 Å². The van der Waals surface area contributed by atoms with Gasteiger partial charge in [0.2, 0.25) is 0 Å². The van der Waals surface area contributed by atoms with Crippen LogP contribution in [0.2, 0.25) is 0 Å². The SMILES string of the molecule is CCc1ccc(C(NN)c2cccc(C3CCC3)c2)s1. The minimum absolute atomic E-state index is 0.111. The second-order valence-corrected chi connectivity index (χ2v) is 6.76. The van der Waals surface area contributed by atoms with Gasteiger partial charge in [-0.1, -0.05) is 37.6 Å². The Kier molecular flexibility index (Phi) is 4.20. The molecule has 0 amide bonds. The van der Waals surface area contributed by atoms with Gasteiger partial charge in [-0.05, 0) is 48.4 Å². The first-order valence-electron chi connectivity index (χ1n) is 7.46. The summed E-state index contributed by atoms with van der Waals surface area (Å²) in [6.07, 6.45) is 5.13. The minimum Gasteiger partial charge on any atom is -0.271 e. The summed E-state index contributed by atoms with van der Waals surface area (Å²) in [6.45, 7) is 2.19. The number of benzene rings is 1. The third-order valence-electron chi connectivity index (χ3n) is 4.30. The van der Waals surface area contributed by atoms with E-state index in [-0.39, 0.29) is 6.04 Å². The summed E-state index contributed by atoms with van der Waals surface area (Å²) in [5, 5.41) is 0. The summed E-state index contributed by atoms with van der Waals surface area (Å²) in [5.74, 6) is 6.58. The van der Waals surface area contributed by atoms with Crippen LogP contribution in [0.4, 0.5) is 0 Å². The molecule has 3 heteroatoms. The summed E-state index contributed by atoms with van der Waals surface area (Å²) in [4.78, 5) is 2.71. The lowest BCUT2D eigenvalue weighted by atomic mass is 9.79. The van der Waals surface area contributed by atoms with Crippen LogP contribution in [0.3, 0.4) is 0 Å². The van der Waals surface area contributed by atoms with E-state index in [1.54, 1.807) is 0 Å². The fourth-order valence-electron chi connectivity index (χ4n) is 2.82. The van der Waals surface area contributed by atoms with Crippen LogP contribution in [-0.2, 0) is 6.42 Å². The Hall–Kier alpha value is -1.16. The van der Waals surface area contributed by atoms with E-state index in [2.05, 4.69) is 48.7 Å². The Morgan fingerprint density at radius 1 is 1.30 bits per heavy atom. The molecule has 1 aliphatic rings. The zero-order chi connectivity index (χ0) is 13.9. The third kappa shape index (κ3) is 2.66. The molecular formula is C17H22N2S. The molecule has 0 bridgehead atoms. The van der Waals surface area contributed by atoms with Crippen LogP contribution in [0, 0.1) is 0 Å². The van der Waals surface area contributed by atoms with Crippen molar-refractivity contribution in [3.63, 3.8) is 0 Å². The first-order chi connectivity index (χ1) is 9.81. The molecule has 0 radical (unpaired) electrons. The summed E-state index contributed by atoms with van der Waals surface area (Å²) in [7, 11) is 0. The molecule has 1 aliphatic carbocycles. The number of hydrogen-bond donors (Lipinski definition) is 2. The van der Waals surface area contributed by atoms with Gasteiger partial charge in [-0.25, -0.2) is 5.43 Å². The highest BCUT2D eigenvalue weighted by atomic mass is 32.1. The van der Waals surface area contributed by atoms with Gasteiger partial charge in [0, 0.05) is 9.75 Å². The number of nitrogens with one attached hydrogen (secondary N) is 1. The van der Waals surface area contributed by atoms with Crippen LogP contribution < -0.4 is 11.3 Å². The van der Waals surface area contributed by atoms with Gasteiger partial charge in [0.1, 0.15) is 0 Å². The van der Waals surface area contributed by atoms with E-state index < -0.39 is 0 Å². The maximum atomic E-state index is 5.82. The Labute approximate surface area is 125 Å². The highest BCUT2D eigenvalue weighted by Gasteiger charge is 2.21. The van der Waals surface area contributed by atoms with E-state index in [9.17, 15) is 0 Å². The molecule has 0 spiro atoms. The smallest absolute Gasteiger partial charge is 0.0802 e. The second kappa shape index (κ2) is 6.08. The molecule has 20 heavy (non-hydrogen) atoms. The van der Waals surface area contributed by atoms with Gasteiger partial charge in [-0.15, -0.1) is 11.3 Å². The molecule has 1 aromatic heterocycles. The van der Waals surface area contributed by atoms with Crippen LogP contribution >= 0.6 is 11.3 Å². The molecular weight excluding hydrogens is 264 g/mol. The third-order valence-corrected chi connectivity index (χ3v) is 5.60. The van der Waals surface area contributed by atoms with E-state index in [0.29, 0.717) is 0 Å². The van der Waals surface area contributed by atoms with Crippen LogP contribution in [0.1, 0.15) is 59.0 Å². The lowest BCUT2D eigenvalue weighted by Gasteiger charge is -2.27. The second-order valence-electron chi connectivity index (χ2n) is 5.56. The van der Waals surface area contributed by atoms with E-state index in [0.717, 1.165) is 12.3 Å². The van der Waals surface area contributed by atoms with Gasteiger partial charge in [-0.2, -0.15) is 0 Å². The van der Waals surface area contributed by atoms with Crippen molar-refractivity contribution >= 4 is 11.3 Å². The van der Waals surface area contributed by atoms with Crippen LogP contribution in [-0.4, -0.2) is 0 Å². The summed E-state index contributed by atoms with van der Waals surface area (Å²) < 4.78 is 0. The van der Waals surface area contributed by atoms with Gasteiger partial charge < -0.3 is 0 Å². The molecule has 2 aromatic rings. The fourth-order valence-corrected chi connectivity index (χ4v) is 3.86. The van der Waals surface area contributed by atoms with E-state index in [1.165, 1.54) is 40.1 Å². The number of hydrogen-bond acceptors (Lipinski definition) is 3. The molecule has 0 saturated heterocycles. The Bertz CT molecular complexity index is 572. The van der Waals surface area contributed by atoms with Gasteiger partial charge in [0.25, 0.3) is 0 Å². The molecule has 0 aliphatic heterocycles. The lowest BCUT2D eigenvalue weighted by molar-refractivity contribution is 0.419. The summed E-state index contributed by atoms with van der Waals surface area (Å²) in [6, 6.07) is 13.5. The normalized spacial score (nSPS) is 16.9. The molecule has 1 atom stereocenters. The van der Waals surface area contributed by atoms with Gasteiger partial charge in [0.05, 0.1) is 6.04 Å². The van der Waals surface area contributed by atoms with Crippen molar-refractivity contribution in [3.05, 3.63) is 57.3 Å². The molecule has 1 aromatic carbocycles. The first-order valence-corrected chi connectivity index (χ1v) is 8.28. The van der Waals surface area contributed by atoms with Crippen molar-refractivity contribution in [2.75, 3.05) is 0 Å². The molecule has 1 heterocycles. The molecule has 3 rings (SSSR count). The van der Waals surface area contributed by atoms with Crippen LogP contribution in [0.15, 0.2) is 36.4 Å². The largest absolute Gasteiger partial charge is 0.271 e. The molecule has 1 unspecified atom stereocenters. The van der Waals surface area contributed by atoms with E-state index in [1.807, 2.05) is 11.3 Å². The highest BCUT2D eigenvalue weighted by molar-refractivity contribution is 7.12. The Balaban J connectivity index is 1.88. The van der Waals surface area contributed by atoms with Gasteiger partial charge in [0.15, 0.2) is 0 Å². The lowest BCUT2D eigenvalue weighted by Crippen LogP contribution is -2.28. The molecule has 1 fully saturated rings. The highest BCUT2D eigenvalue weighted by Crippen LogP contribution is 2.38. The number of aryl methyl sites for hydroxylation is 1. The zero-order valence-corrected chi connectivity index (χ0v) is 12.7. The van der Waals surface area contributed by atoms with Crippen molar-refractivity contribution in [3.8, 4) is 0 Å². The average Bonchev–Trinajstić information content (AvgIpc) is 2.87. The van der Waals surface area contributed by atoms with Crippen molar-refractivity contribution in [1.82, 2.24) is 5.43 Å². The molecule has 3 N–H and O–H groups in total. The fraction of sp³-hybridized carbons (Fsp3) is 0.412. The quantitative estimate of drug-likeness (QED) is 0.640. The van der Waals surface area contributed by atoms with Crippen molar-refractivity contribution in [2.45, 2.75) is 44.6 Å². The Morgan fingerprint density at radius 2 is 2.15 bits per heavy atom. The minimum atomic E-state index is 0.111. The monoisotopic (exact) mass is 286 g/mol. The van der Waals surface area contributed by atoms with E-state index >= 15 is 0 Å². The maximum Gasteiger partial charge on any atom is 0.0802 e. The van der Waals surface area contributed by atoms with Crippen molar-refractivity contribution < 1.29 is 0 Å². The topological polar surface area (TPSA) is 38.0 Å². The number of hydrazine groups is 1. The summed E-state index contributed by atoms with van der Waals surface area (Å²) in [5.41, 5.74) is 5.74. The van der Waals surface area contributed by atoms with Crippen LogP contribution in [0.5, 0.6) is 0 Å². The van der Waals surface area contributed by atoms with Gasteiger partial charge in [-0.3, -0.25) is 5.84 Å². The van der Waals surface area contributed by atoms with Crippen molar-refractivity contribution in [1.29, 1.82) is 0 Å². The molecule has 1 saturated carbocycles. The predicted molar refractivity (Wildman–Crippen MR) is 85.9 cm³/mol. The standard InChI is InChI=1S/C17H22N2S/c1-2-15-9-10-16(20-15)17(19-18)14-8-4-7-13(11-14)12-5-3-6-12/h4,7-12,17,19H,2-3,5-6,18H2,1H3. The maximum absolute atomic E-state index is 5.82. The van der Waals surface area contributed by atoms with Crippen LogP contribution in [0.25, 0.3) is 0 Å². The van der Waals surface area contributed by atoms with Crippen molar-refractivity contribution in [2.24, 2.45) is 5.84 Å². The number of rotatable bonds is 5. The average molecular weight is 286 g/mol. The predicted octanol–water partition coefficient (Wildman–Crippen LogP) is 4.13. The molecule has 106 valence electrons. The van der Waals surface area contributed by atoms with E-state index in [4.69, 9.17) is 5.84 Å². The number of nitrogens with two attached hydrogens (primary N) is 1. The zero-order valence-electron chi connectivity index (χ0n) is 11.9. The number of thiophene rings is 1.